The fourth-order valence-electron chi connectivity index (χ4n) is 4.19. The summed E-state index contributed by atoms with van der Waals surface area (Å²) in [6.45, 7) is 1.89. The minimum Gasteiger partial charge on any atom is -0.394 e. The maximum atomic E-state index is 13.2. The molecule has 1 aromatic heterocycles. The van der Waals surface area contributed by atoms with Crippen molar-refractivity contribution >= 4 is 40.0 Å². The number of aliphatic hydroxyl groups is 4. The van der Waals surface area contributed by atoms with Gasteiger partial charge in [-0.15, -0.1) is 0 Å². The van der Waals surface area contributed by atoms with E-state index in [9.17, 15) is 25.2 Å². The molecule has 5 N–H and O–H groups in total. The van der Waals surface area contributed by atoms with Crippen molar-refractivity contribution in [3.8, 4) is 0 Å². The molecule has 1 saturated heterocycles. The lowest BCUT2D eigenvalue weighted by Gasteiger charge is -2.40. The Hall–Kier alpha value is -2.17. The van der Waals surface area contributed by atoms with E-state index in [1.54, 1.807) is 18.3 Å². The van der Waals surface area contributed by atoms with Gasteiger partial charge in [0.15, 0.2) is 6.29 Å². The van der Waals surface area contributed by atoms with Crippen LogP contribution in [0.15, 0.2) is 42.6 Å². The van der Waals surface area contributed by atoms with Crippen LogP contribution in [0, 0.1) is 0 Å². The number of nitrogens with one attached hydrogen (secondary N) is 1. The van der Waals surface area contributed by atoms with E-state index in [4.69, 9.17) is 27.9 Å². The lowest BCUT2D eigenvalue weighted by Crippen LogP contribution is -2.64. The standard InChI is InChI=1S/C24H26Cl2N2O6/c1-2-12-3-5-14-15(23(32)27-20-22(31)21(30)19(11-29)34-24(20)33)10-28(18(14)8-12)9-13-4-6-16(25)17(26)7-13/h3-8,10,19-22,24,29-31,33H,2,9,11H2,1H3,(H,27,32)/t19?,20-,21-,22?,24?/m1/s1. The monoisotopic (exact) mass is 508 g/mol. The Bertz CT molecular complexity index is 1200. The zero-order chi connectivity index (χ0) is 24.6. The number of ether oxygens (including phenoxy) is 1. The Balaban J connectivity index is 1.67. The molecule has 8 nitrogen and oxygen atoms in total. The maximum absolute atomic E-state index is 13.2. The van der Waals surface area contributed by atoms with Gasteiger partial charge in [-0.25, -0.2) is 0 Å². The minimum atomic E-state index is -1.60. The van der Waals surface area contributed by atoms with Crippen molar-refractivity contribution in [1.29, 1.82) is 0 Å². The lowest BCUT2D eigenvalue weighted by atomic mass is 9.96. The van der Waals surface area contributed by atoms with E-state index in [2.05, 4.69) is 5.32 Å². The molecule has 10 heteroatoms. The third-order valence-electron chi connectivity index (χ3n) is 6.13. The van der Waals surface area contributed by atoms with Crippen LogP contribution in [0.1, 0.15) is 28.4 Å². The zero-order valence-electron chi connectivity index (χ0n) is 18.4. The average Bonchev–Trinajstić information content (AvgIpc) is 3.18. The van der Waals surface area contributed by atoms with Crippen molar-refractivity contribution in [2.24, 2.45) is 0 Å². The Labute approximate surface area is 206 Å². The summed E-state index contributed by atoms with van der Waals surface area (Å²) >= 11 is 12.2. The van der Waals surface area contributed by atoms with E-state index in [0.717, 1.165) is 23.1 Å². The molecule has 1 amide bonds. The molecule has 2 aromatic carbocycles. The summed E-state index contributed by atoms with van der Waals surface area (Å²) in [4.78, 5) is 13.2. The summed E-state index contributed by atoms with van der Waals surface area (Å²) in [5.74, 6) is -0.552. The molecule has 1 aliphatic heterocycles. The first-order chi connectivity index (χ1) is 16.2. The van der Waals surface area contributed by atoms with Crippen molar-refractivity contribution in [3.63, 3.8) is 0 Å². The summed E-state index contributed by atoms with van der Waals surface area (Å²) in [5, 5.41) is 44.1. The first-order valence-corrected chi connectivity index (χ1v) is 11.7. The molecule has 0 radical (unpaired) electrons. The molecule has 0 aliphatic carbocycles. The number of nitrogens with zero attached hydrogens (tertiary/aromatic N) is 1. The van der Waals surface area contributed by atoms with Crippen LogP contribution < -0.4 is 5.32 Å². The molecular weight excluding hydrogens is 483 g/mol. The molecule has 5 atom stereocenters. The molecule has 1 aliphatic rings. The van der Waals surface area contributed by atoms with Crippen LogP contribution in [0.25, 0.3) is 10.9 Å². The summed E-state index contributed by atoms with van der Waals surface area (Å²) in [5.41, 5.74) is 3.15. The number of halogens is 2. The van der Waals surface area contributed by atoms with Crippen molar-refractivity contribution in [2.45, 2.75) is 50.5 Å². The number of carbonyl (C=O) groups excluding carboxylic acids is 1. The molecule has 3 unspecified atom stereocenters. The van der Waals surface area contributed by atoms with E-state index >= 15 is 0 Å². The maximum Gasteiger partial charge on any atom is 0.253 e. The molecule has 2 heterocycles. The first kappa shape index (κ1) is 24.9. The fraction of sp³-hybridized carbons (Fsp3) is 0.375. The van der Waals surface area contributed by atoms with Gasteiger partial charge in [-0.1, -0.05) is 48.3 Å². The highest BCUT2D eigenvalue weighted by Gasteiger charge is 2.44. The Morgan fingerprint density at radius 1 is 1.06 bits per heavy atom. The molecule has 0 bridgehead atoms. The molecule has 0 spiro atoms. The number of amides is 1. The van der Waals surface area contributed by atoms with E-state index in [-0.39, 0.29) is 0 Å². The van der Waals surface area contributed by atoms with Crippen LogP contribution in [0.2, 0.25) is 10.0 Å². The fourth-order valence-corrected chi connectivity index (χ4v) is 4.51. The molecular formula is C24H26Cl2N2O6. The number of carbonyl (C=O) groups is 1. The molecule has 0 saturated carbocycles. The van der Waals surface area contributed by atoms with Gasteiger partial charge in [0.2, 0.25) is 0 Å². The third-order valence-corrected chi connectivity index (χ3v) is 6.87. The molecule has 182 valence electrons. The van der Waals surface area contributed by atoms with Crippen LogP contribution in [0.5, 0.6) is 0 Å². The van der Waals surface area contributed by atoms with Crippen LogP contribution >= 0.6 is 23.2 Å². The highest BCUT2D eigenvalue weighted by molar-refractivity contribution is 6.42. The Morgan fingerprint density at radius 3 is 2.47 bits per heavy atom. The number of aryl methyl sites for hydroxylation is 1. The highest BCUT2D eigenvalue weighted by Crippen LogP contribution is 2.28. The summed E-state index contributed by atoms with van der Waals surface area (Å²) in [6.07, 6.45) is -3.24. The summed E-state index contributed by atoms with van der Waals surface area (Å²) in [7, 11) is 0. The number of aliphatic hydroxyl groups excluding tert-OH is 4. The van der Waals surface area contributed by atoms with Gasteiger partial charge < -0.3 is 35.0 Å². The molecule has 3 aromatic rings. The van der Waals surface area contributed by atoms with E-state index < -0.39 is 43.2 Å². The van der Waals surface area contributed by atoms with Crippen LogP contribution in [0.4, 0.5) is 0 Å². The van der Waals surface area contributed by atoms with Crippen molar-refractivity contribution in [3.05, 3.63) is 69.3 Å². The second-order valence-corrected chi connectivity index (χ2v) is 9.17. The van der Waals surface area contributed by atoms with Crippen LogP contribution in [-0.4, -0.2) is 68.2 Å². The summed E-state index contributed by atoms with van der Waals surface area (Å²) in [6, 6.07) is 9.85. The van der Waals surface area contributed by atoms with Gasteiger partial charge in [-0.2, -0.15) is 0 Å². The number of benzene rings is 2. The Kier molecular flexibility index (Phi) is 7.49. The average molecular weight is 509 g/mol. The predicted octanol–water partition coefficient (Wildman–Crippen LogP) is 2.09. The van der Waals surface area contributed by atoms with Crippen molar-refractivity contribution in [1.82, 2.24) is 9.88 Å². The Morgan fingerprint density at radius 2 is 1.79 bits per heavy atom. The smallest absolute Gasteiger partial charge is 0.253 e. The molecule has 1 fully saturated rings. The first-order valence-electron chi connectivity index (χ1n) is 10.9. The predicted molar refractivity (Wildman–Crippen MR) is 128 cm³/mol. The van der Waals surface area contributed by atoms with Crippen molar-refractivity contribution < 1.29 is 30.0 Å². The zero-order valence-corrected chi connectivity index (χ0v) is 19.9. The van der Waals surface area contributed by atoms with Gasteiger partial charge in [-0.05, 0) is 35.7 Å². The van der Waals surface area contributed by atoms with E-state index in [0.29, 0.717) is 27.5 Å². The number of rotatable bonds is 6. The topological polar surface area (TPSA) is 124 Å². The molecule has 34 heavy (non-hydrogen) atoms. The third kappa shape index (κ3) is 4.81. The van der Waals surface area contributed by atoms with Gasteiger partial charge in [0, 0.05) is 23.6 Å². The largest absolute Gasteiger partial charge is 0.394 e. The lowest BCUT2D eigenvalue weighted by molar-refractivity contribution is -0.252. The van der Waals surface area contributed by atoms with Crippen LogP contribution in [0.3, 0.4) is 0 Å². The summed E-state index contributed by atoms with van der Waals surface area (Å²) < 4.78 is 7.06. The minimum absolute atomic E-state index is 0.330. The molecule has 4 rings (SSSR count). The van der Waals surface area contributed by atoms with E-state index in [1.165, 1.54) is 0 Å². The van der Waals surface area contributed by atoms with Gasteiger partial charge in [0.25, 0.3) is 5.91 Å². The SMILES string of the molecule is CCc1ccc2c(C(=O)N[C@H]3C(O)OC(CO)[C@@H](O)C3O)cn(Cc3ccc(Cl)c(Cl)c3)c2c1. The number of hydrogen-bond donors (Lipinski definition) is 5. The van der Waals surface area contributed by atoms with Crippen molar-refractivity contribution in [2.75, 3.05) is 6.61 Å². The number of hydrogen-bond acceptors (Lipinski definition) is 6. The quantitative estimate of drug-likeness (QED) is 0.347. The van der Waals surface area contributed by atoms with Gasteiger partial charge in [0.1, 0.15) is 24.4 Å². The van der Waals surface area contributed by atoms with Gasteiger partial charge in [0.05, 0.1) is 22.2 Å². The number of aromatic nitrogens is 1. The normalized spacial score (nSPS) is 25.0. The van der Waals surface area contributed by atoms with Gasteiger partial charge >= 0.3 is 0 Å². The van der Waals surface area contributed by atoms with E-state index in [1.807, 2.05) is 35.8 Å². The number of fused-ring (bicyclic) bond motifs is 1. The van der Waals surface area contributed by atoms with Gasteiger partial charge in [-0.3, -0.25) is 4.79 Å². The second kappa shape index (κ2) is 10.2. The highest BCUT2D eigenvalue weighted by atomic mass is 35.5. The van der Waals surface area contributed by atoms with Crippen LogP contribution in [-0.2, 0) is 17.7 Å². The second-order valence-electron chi connectivity index (χ2n) is 8.35.